The largest absolute Gasteiger partial charge is 0.507 e. The highest BCUT2D eigenvalue weighted by Gasteiger charge is 2.28. The molecule has 0 aromatic heterocycles. The quantitative estimate of drug-likeness (QED) is 0.132. The van der Waals surface area contributed by atoms with Gasteiger partial charge in [0.25, 0.3) is 0 Å². The topological polar surface area (TPSA) is 58.9 Å². The van der Waals surface area contributed by atoms with Crippen molar-refractivity contribution in [2.45, 2.75) is 64.0 Å². The molecule has 0 fully saturated rings. The Bertz CT molecular complexity index is 1560. The van der Waals surface area contributed by atoms with Crippen molar-refractivity contribution in [1.82, 2.24) is 0 Å². The number of phenolic OH excluding ortho intramolecular Hbond substituents is 2. The van der Waals surface area contributed by atoms with E-state index >= 15 is 0 Å². The van der Waals surface area contributed by atoms with Gasteiger partial charge in [-0.1, -0.05) is 109 Å². The summed E-state index contributed by atoms with van der Waals surface area (Å²) in [6.07, 6.45) is 6.14. The molecule has 240 valence electrons. The second kappa shape index (κ2) is 13.4. The van der Waals surface area contributed by atoms with Crippen molar-refractivity contribution in [3.8, 4) is 23.0 Å². The standard InChI is InChI=1S/C40H48O4Si2/c1-9-17-45(5,6)35-23-31-19-27-13-11-15-29(39(27)43-3)21-33-25-36(46(7,8)18-10-2)26-34(38(33)42)22-30-16-12-14-28(40(30)44-4)20-32(24-35)37(31)41/h9-16,23-26,41-42H,1-2,17-22H2,3-8H3. The van der Waals surface area contributed by atoms with E-state index in [1.165, 1.54) is 10.4 Å². The van der Waals surface area contributed by atoms with E-state index in [1.807, 2.05) is 12.2 Å². The number of methoxy groups -OCH3 is 2. The van der Waals surface area contributed by atoms with E-state index in [9.17, 15) is 10.2 Å². The molecule has 8 bridgehead atoms. The molecule has 4 aromatic rings. The Morgan fingerprint density at radius 1 is 0.565 bits per heavy atom. The molecule has 6 heteroatoms. The van der Waals surface area contributed by atoms with Crippen LogP contribution in [0, 0.1) is 0 Å². The van der Waals surface area contributed by atoms with Crippen LogP contribution in [0.2, 0.25) is 38.3 Å². The fraction of sp³-hybridized carbons (Fsp3) is 0.300. The molecule has 0 saturated carbocycles. The van der Waals surface area contributed by atoms with Crippen molar-refractivity contribution in [3.63, 3.8) is 0 Å². The Labute approximate surface area is 277 Å². The lowest BCUT2D eigenvalue weighted by Crippen LogP contribution is -2.41. The van der Waals surface area contributed by atoms with Crippen LogP contribution in [0.3, 0.4) is 0 Å². The molecule has 0 amide bonds. The van der Waals surface area contributed by atoms with E-state index in [1.54, 1.807) is 14.2 Å². The zero-order chi connectivity index (χ0) is 33.2. The highest BCUT2D eigenvalue weighted by Crippen LogP contribution is 2.38. The number of ether oxygens (including phenoxy) is 2. The third-order valence-corrected chi connectivity index (χ3v) is 16.0. The molecule has 1 aliphatic carbocycles. The van der Waals surface area contributed by atoms with Gasteiger partial charge in [0, 0.05) is 25.7 Å². The number of benzene rings is 4. The summed E-state index contributed by atoms with van der Waals surface area (Å²) in [4.78, 5) is 0. The van der Waals surface area contributed by atoms with E-state index in [2.05, 4.69) is 100 Å². The highest BCUT2D eigenvalue weighted by molar-refractivity contribution is 6.90. The van der Waals surface area contributed by atoms with Crippen LogP contribution >= 0.6 is 0 Å². The molecule has 1 aliphatic rings. The van der Waals surface area contributed by atoms with E-state index in [0.29, 0.717) is 37.2 Å². The number of aromatic hydroxyl groups is 2. The fourth-order valence-corrected chi connectivity index (χ4v) is 11.2. The smallest absolute Gasteiger partial charge is 0.125 e. The van der Waals surface area contributed by atoms with Crippen LogP contribution in [-0.4, -0.2) is 40.6 Å². The minimum Gasteiger partial charge on any atom is -0.507 e. The van der Waals surface area contributed by atoms with Crippen LogP contribution in [0.5, 0.6) is 23.0 Å². The summed E-state index contributed by atoms with van der Waals surface area (Å²) in [5, 5.41) is 26.3. The maximum atomic E-state index is 11.8. The molecule has 0 radical (unpaired) electrons. The molecule has 46 heavy (non-hydrogen) atoms. The first-order valence-electron chi connectivity index (χ1n) is 16.1. The molecule has 0 spiro atoms. The number of hydrogen-bond donors (Lipinski definition) is 2. The van der Waals surface area contributed by atoms with Crippen molar-refractivity contribution in [2.75, 3.05) is 14.2 Å². The molecule has 0 saturated heterocycles. The number of para-hydroxylation sites is 2. The van der Waals surface area contributed by atoms with Crippen LogP contribution in [0.4, 0.5) is 0 Å². The molecule has 4 aromatic carbocycles. The molecule has 2 N–H and O–H groups in total. The Hall–Kier alpha value is -4.01. The van der Waals surface area contributed by atoms with Gasteiger partial charge in [-0.25, -0.2) is 0 Å². The Balaban J connectivity index is 1.80. The second-order valence-electron chi connectivity index (χ2n) is 14.0. The van der Waals surface area contributed by atoms with Gasteiger partial charge < -0.3 is 19.7 Å². The van der Waals surface area contributed by atoms with E-state index in [-0.39, 0.29) is 0 Å². The Kier molecular flexibility index (Phi) is 9.71. The number of phenols is 2. The maximum Gasteiger partial charge on any atom is 0.125 e. The second-order valence-corrected chi connectivity index (χ2v) is 23.5. The van der Waals surface area contributed by atoms with Crippen molar-refractivity contribution in [1.29, 1.82) is 0 Å². The van der Waals surface area contributed by atoms with Crippen LogP contribution in [0.1, 0.15) is 44.5 Å². The number of rotatable bonds is 8. The molecular weight excluding hydrogens is 601 g/mol. The van der Waals surface area contributed by atoms with Crippen molar-refractivity contribution in [2.24, 2.45) is 0 Å². The van der Waals surface area contributed by atoms with Gasteiger partial charge in [0.1, 0.15) is 23.0 Å². The molecule has 0 unspecified atom stereocenters. The van der Waals surface area contributed by atoms with Gasteiger partial charge in [0.15, 0.2) is 0 Å². The number of fused-ring (bicyclic) bond motifs is 8. The molecule has 4 nitrogen and oxygen atoms in total. The van der Waals surface area contributed by atoms with E-state index < -0.39 is 16.1 Å². The fourth-order valence-electron chi connectivity index (χ4n) is 6.98. The van der Waals surface area contributed by atoms with Gasteiger partial charge in [-0.05, 0) is 56.6 Å². The van der Waals surface area contributed by atoms with Gasteiger partial charge in [0.05, 0.1) is 30.4 Å². The van der Waals surface area contributed by atoms with Crippen LogP contribution in [-0.2, 0) is 25.7 Å². The Morgan fingerprint density at radius 3 is 1.09 bits per heavy atom. The summed E-state index contributed by atoms with van der Waals surface area (Å²) in [5.41, 5.74) is 7.57. The van der Waals surface area contributed by atoms with Gasteiger partial charge in [-0.15, -0.1) is 13.2 Å². The lowest BCUT2D eigenvalue weighted by Gasteiger charge is -2.26. The zero-order valence-corrected chi connectivity index (χ0v) is 30.3. The van der Waals surface area contributed by atoms with Gasteiger partial charge in [-0.3, -0.25) is 0 Å². The molecule has 0 heterocycles. The third kappa shape index (κ3) is 6.60. The highest BCUT2D eigenvalue weighted by atomic mass is 28.3. The van der Waals surface area contributed by atoms with E-state index in [0.717, 1.165) is 68.1 Å². The first-order valence-corrected chi connectivity index (χ1v) is 22.6. The molecule has 0 aliphatic heterocycles. The van der Waals surface area contributed by atoms with Crippen LogP contribution in [0.15, 0.2) is 86.0 Å². The van der Waals surface area contributed by atoms with E-state index in [4.69, 9.17) is 9.47 Å². The first kappa shape index (κ1) is 33.4. The minimum atomic E-state index is -1.87. The first-order chi connectivity index (χ1) is 21.9. The van der Waals surface area contributed by atoms with Gasteiger partial charge in [-0.2, -0.15) is 0 Å². The van der Waals surface area contributed by atoms with Crippen LogP contribution < -0.4 is 19.8 Å². The summed E-state index contributed by atoms with van der Waals surface area (Å²) in [7, 11) is -0.316. The monoisotopic (exact) mass is 648 g/mol. The van der Waals surface area contributed by atoms with Crippen molar-refractivity contribution < 1.29 is 19.7 Å². The predicted molar refractivity (Wildman–Crippen MR) is 198 cm³/mol. The molecular formula is C40H48O4Si2. The zero-order valence-electron chi connectivity index (χ0n) is 28.3. The van der Waals surface area contributed by atoms with Crippen molar-refractivity contribution >= 4 is 26.5 Å². The summed E-state index contributed by atoms with van der Waals surface area (Å²) >= 11 is 0. The van der Waals surface area contributed by atoms with Crippen LogP contribution in [0.25, 0.3) is 0 Å². The summed E-state index contributed by atoms with van der Waals surface area (Å²) < 4.78 is 12.2. The average Bonchev–Trinajstić information content (AvgIpc) is 3.00. The summed E-state index contributed by atoms with van der Waals surface area (Å²) in [5.74, 6) is 2.23. The molecule has 0 atom stereocenters. The third-order valence-electron chi connectivity index (χ3n) is 9.70. The summed E-state index contributed by atoms with van der Waals surface area (Å²) in [6.45, 7) is 17.5. The number of allylic oxidation sites excluding steroid dienone is 2. The Morgan fingerprint density at radius 2 is 0.848 bits per heavy atom. The lowest BCUT2D eigenvalue weighted by molar-refractivity contribution is 0.404. The SMILES string of the molecule is C=CC[Si](C)(C)c1cc2c(O)c(c1)Cc1cccc(c1OC)Cc1cc([Si](C)(C)CC=C)cc(c1O)Cc1cccc(c1OC)C2. The molecule has 5 rings (SSSR count). The predicted octanol–water partition coefficient (Wildman–Crippen LogP) is 7.99. The number of hydrogen-bond acceptors (Lipinski definition) is 4. The lowest BCUT2D eigenvalue weighted by atomic mass is 9.91. The van der Waals surface area contributed by atoms with Gasteiger partial charge >= 0.3 is 0 Å². The van der Waals surface area contributed by atoms with Crippen molar-refractivity contribution in [3.05, 3.63) is 130 Å². The van der Waals surface area contributed by atoms with Gasteiger partial charge in [0.2, 0.25) is 0 Å². The maximum absolute atomic E-state index is 11.8. The normalized spacial score (nSPS) is 13.2. The summed E-state index contributed by atoms with van der Waals surface area (Å²) in [6, 6.07) is 23.1. The average molecular weight is 649 g/mol. The minimum absolute atomic E-state index is 0.320.